The molecule has 3 aliphatic heterocycles. The van der Waals surface area contributed by atoms with Gasteiger partial charge in [-0.25, -0.2) is 0 Å². The average Bonchev–Trinajstić information content (AvgIpc) is 3.46. The Balaban J connectivity index is 1.26. The summed E-state index contributed by atoms with van der Waals surface area (Å²) in [4.78, 5) is 31.4. The van der Waals surface area contributed by atoms with Crippen LogP contribution in [-0.4, -0.2) is 103 Å². The predicted molar refractivity (Wildman–Crippen MR) is 161 cm³/mol. The van der Waals surface area contributed by atoms with E-state index in [9.17, 15) is 10.1 Å². The van der Waals surface area contributed by atoms with Crippen molar-refractivity contribution in [2.75, 3.05) is 75.4 Å². The molecule has 1 aliphatic carbocycles. The van der Waals surface area contributed by atoms with Crippen molar-refractivity contribution in [3.8, 4) is 12.1 Å². The highest BCUT2D eigenvalue weighted by Crippen LogP contribution is 2.38. The van der Waals surface area contributed by atoms with Gasteiger partial charge in [-0.2, -0.15) is 15.2 Å². The maximum absolute atomic E-state index is 12.5. The number of piperazine rings is 1. The fourth-order valence-corrected chi connectivity index (χ4v) is 7.02. The lowest BCUT2D eigenvalue weighted by molar-refractivity contribution is -0.128. The number of benzene rings is 1. The smallest absolute Gasteiger partial charge is 0.318 e. The molecular formula is C32H41N7O3. The van der Waals surface area contributed by atoms with Crippen molar-refractivity contribution in [3.63, 3.8) is 0 Å². The van der Waals surface area contributed by atoms with Crippen molar-refractivity contribution in [2.45, 2.75) is 51.1 Å². The SMILES string of the molecule is C=CC(=O)N1CCN(c2nc(OCCN3CCOCC3)nc3c2CCC(N2CCc4cccc(C)c42)C3)CC1CC#N. The number of aromatic nitrogens is 2. The third-order valence-corrected chi connectivity index (χ3v) is 9.19. The monoisotopic (exact) mass is 571 g/mol. The zero-order chi connectivity index (χ0) is 29.1. The third-order valence-electron chi connectivity index (χ3n) is 9.19. The predicted octanol–water partition coefficient (Wildman–Crippen LogP) is 2.53. The average molecular weight is 572 g/mol. The Morgan fingerprint density at radius 1 is 1.19 bits per heavy atom. The van der Waals surface area contributed by atoms with E-state index in [2.05, 4.69) is 52.5 Å². The van der Waals surface area contributed by atoms with Crippen molar-refractivity contribution in [1.29, 1.82) is 5.26 Å². The van der Waals surface area contributed by atoms with Gasteiger partial charge in [0.25, 0.3) is 0 Å². The molecule has 0 radical (unpaired) electrons. The van der Waals surface area contributed by atoms with E-state index in [1.165, 1.54) is 28.5 Å². The van der Waals surface area contributed by atoms with Gasteiger partial charge in [0.15, 0.2) is 0 Å². The van der Waals surface area contributed by atoms with E-state index in [0.29, 0.717) is 38.3 Å². The second-order valence-electron chi connectivity index (χ2n) is 11.7. The second-order valence-corrected chi connectivity index (χ2v) is 11.7. The largest absolute Gasteiger partial charge is 0.462 e. The number of amides is 1. The molecule has 4 heterocycles. The lowest BCUT2D eigenvalue weighted by Gasteiger charge is -2.42. The van der Waals surface area contributed by atoms with Crippen LogP contribution >= 0.6 is 0 Å². The van der Waals surface area contributed by atoms with Gasteiger partial charge in [-0.3, -0.25) is 9.69 Å². The molecule has 2 atom stereocenters. The number of hydrogen-bond donors (Lipinski definition) is 0. The molecule has 0 spiro atoms. The number of fused-ring (bicyclic) bond motifs is 2. The molecule has 4 aliphatic rings. The maximum Gasteiger partial charge on any atom is 0.318 e. The van der Waals surface area contributed by atoms with Gasteiger partial charge in [0.1, 0.15) is 12.4 Å². The molecule has 1 amide bonds. The van der Waals surface area contributed by atoms with Crippen LogP contribution in [0.5, 0.6) is 6.01 Å². The van der Waals surface area contributed by atoms with Gasteiger partial charge < -0.3 is 24.2 Å². The van der Waals surface area contributed by atoms with Crippen LogP contribution in [0, 0.1) is 18.3 Å². The van der Waals surface area contributed by atoms with Crippen LogP contribution in [-0.2, 0) is 28.8 Å². The first-order valence-corrected chi connectivity index (χ1v) is 15.3. The molecule has 0 N–H and O–H groups in total. The van der Waals surface area contributed by atoms with Crippen LogP contribution in [0.25, 0.3) is 0 Å². The van der Waals surface area contributed by atoms with E-state index in [0.717, 1.165) is 76.6 Å². The van der Waals surface area contributed by atoms with E-state index in [-0.39, 0.29) is 18.4 Å². The summed E-state index contributed by atoms with van der Waals surface area (Å²) in [7, 11) is 0. The van der Waals surface area contributed by atoms with E-state index in [1.54, 1.807) is 4.90 Å². The number of rotatable bonds is 8. The fraction of sp³-hybridized carbons (Fsp3) is 0.562. The Bertz CT molecular complexity index is 1350. The zero-order valence-electron chi connectivity index (χ0n) is 24.6. The minimum atomic E-state index is -0.217. The molecule has 1 aromatic heterocycles. The Hall–Kier alpha value is -3.68. The number of para-hydroxylation sites is 1. The standard InChI is InChI=1S/C32H41N7O3/c1-3-29(40)38-14-13-37(22-26(38)9-11-33)31-27-8-7-25(39-12-10-24-6-4-5-23(2)30(24)39)21-28(27)34-32(35-31)42-20-17-36-15-18-41-19-16-36/h3-6,25-26H,1,7-10,12-22H2,2H3. The van der Waals surface area contributed by atoms with Gasteiger partial charge in [0, 0.05) is 69.5 Å². The van der Waals surface area contributed by atoms with E-state index < -0.39 is 0 Å². The van der Waals surface area contributed by atoms with Crippen molar-refractivity contribution in [3.05, 3.63) is 53.2 Å². The molecule has 0 saturated carbocycles. The topological polar surface area (TPSA) is 98.1 Å². The van der Waals surface area contributed by atoms with Crippen LogP contribution in [0.1, 0.15) is 35.2 Å². The van der Waals surface area contributed by atoms with Gasteiger partial charge in [-0.15, -0.1) is 0 Å². The lowest BCUT2D eigenvalue weighted by Crippen LogP contribution is -2.55. The normalized spacial score (nSPS) is 22.3. The Labute approximate surface area is 248 Å². The summed E-state index contributed by atoms with van der Waals surface area (Å²) in [6.07, 6.45) is 5.45. The van der Waals surface area contributed by atoms with Gasteiger partial charge in [-0.1, -0.05) is 24.8 Å². The van der Waals surface area contributed by atoms with Crippen molar-refractivity contribution >= 4 is 17.4 Å². The third kappa shape index (κ3) is 5.81. The molecule has 2 saturated heterocycles. The molecule has 222 valence electrons. The molecule has 6 rings (SSSR count). The summed E-state index contributed by atoms with van der Waals surface area (Å²) in [5.74, 6) is 0.766. The summed E-state index contributed by atoms with van der Waals surface area (Å²) < 4.78 is 11.7. The summed E-state index contributed by atoms with van der Waals surface area (Å²) in [6, 6.07) is 9.47. The highest BCUT2D eigenvalue weighted by molar-refractivity contribution is 5.87. The maximum atomic E-state index is 12.5. The van der Waals surface area contributed by atoms with E-state index in [1.807, 2.05) is 0 Å². The number of ether oxygens (including phenoxy) is 2. The van der Waals surface area contributed by atoms with E-state index in [4.69, 9.17) is 19.4 Å². The van der Waals surface area contributed by atoms with Crippen molar-refractivity contribution < 1.29 is 14.3 Å². The molecule has 42 heavy (non-hydrogen) atoms. The van der Waals surface area contributed by atoms with Gasteiger partial charge in [-0.05, 0) is 43.4 Å². The molecular weight excluding hydrogens is 530 g/mol. The first-order valence-electron chi connectivity index (χ1n) is 15.3. The quantitative estimate of drug-likeness (QED) is 0.443. The van der Waals surface area contributed by atoms with Gasteiger partial charge >= 0.3 is 6.01 Å². The van der Waals surface area contributed by atoms with Crippen LogP contribution in [0.2, 0.25) is 0 Å². The summed E-state index contributed by atoms with van der Waals surface area (Å²) in [5, 5.41) is 9.52. The van der Waals surface area contributed by atoms with Crippen LogP contribution in [0.15, 0.2) is 30.9 Å². The molecule has 10 heteroatoms. The van der Waals surface area contributed by atoms with Crippen molar-refractivity contribution in [2.24, 2.45) is 0 Å². The number of morpholine rings is 1. The minimum Gasteiger partial charge on any atom is -0.462 e. The first kappa shape index (κ1) is 28.4. The highest BCUT2D eigenvalue weighted by Gasteiger charge is 2.36. The second kappa shape index (κ2) is 12.7. The Morgan fingerprint density at radius 2 is 2.05 bits per heavy atom. The molecule has 2 fully saturated rings. The first-order chi connectivity index (χ1) is 20.6. The minimum absolute atomic E-state index is 0.129. The summed E-state index contributed by atoms with van der Waals surface area (Å²) in [6.45, 7) is 13.3. The van der Waals surface area contributed by atoms with Crippen LogP contribution < -0.4 is 14.5 Å². The zero-order valence-corrected chi connectivity index (χ0v) is 24.6. The number of nitriles is 1. The number of carbonyl (C=O) groups is 1. The van der Waals surface area contributed by atoms with Gasteiger partial charge in [0.2, 0.25) is 5.91 Å². The molecule has 2 unspecified atom stereocenters. The number of carbonyl (C=O) groups excluding carboxylic acids is 1. The molecule has 1 aromatic carbocycles. The van der Waals surface area contributed by atoms with Crippen LogP contribution in [0.4, 0.5) is 11.5 Å². The van der Waals surface area contributed by atoms with E-state index >= 15 is 0 Å². The Kier molecular flexibility index (Phi) is 8.58. The number of hydrogen-bond acceptors (Lipinski definition) is 9. The fourth-order valence-electron chi connectivity index (χ4n) is 7.02. The van der Waals surface area contributed by atoms with Crippen molar-refractivity contribution in [1.82, 2.24) is 19.8 Å². The highest BCUT2D eigenvalue weighted by atomic mass is 16.5. The molecule has 0 bridgehead atoms. The molecule has 10 nitrogen and oxygen atoms in total. The summed E-state index contributed by atoms with van der Waals surface area (Å²) in [5.41, 5.74) is 6.40. The Morgan fingerprint density at radius 3 is 2.86 bits per heavy atom. The van der Waals surface area contributed by atoms with Gasteiger partial charge in [0.05, 0.1) is 37.4 Å². The number of aryl methyl sites for hydroxylation is 1. The summed E-state index contributed by atoms with van der Waals surface area (Å²) >= 11 is 0. The lowest BCUT2D eigenvalue weighted by atomic mass is 9.90. The number of nitrogens with zero attached hydrogens (tertiary/aromatic N) is 7. The number of anilines is 2. The van der Waals surface area contributed by atoms with Crippen LogP contribution in [0.3, 0.4) is 0 Å². The molecule has 2 aromatic rings.